The molecule has 0 amide bonds. The van der Waals surface area contributed by atoms with Gasteiger partial charge in [0.25, 0.3) is 0 Å². The number of benzene rings is 1. The zero-order chi connectivity index (χ0) is 25.7. The highest BCUT2D eigenvalue weighted by Crippen LogP contribution is 2.43. The van der Waals surface area contributed by atoms with Crippen LogP contribution in [0.25, 0.3) is 0 Å². The average Bonchev–Trinajstić information content (AvgIpc) is 3.10. The Morgan fingerprint density at radius 1 is 1.09 bits per heavy atom. The van der Waals surface area contributed by atoms with Gasteiger partial charge in [0.15, 0.2) is 19.7 Å². The molecule has 0 radical (unpaired) electrons. The van der Waals surface area contributed by atoms with Crippen LogP contribution in [0.15, 0.2) is 35.2 Å². The molecule has 3 rings (SSSR count). The minimum absolute atomic E-state index is 0.127. The van der Waals surface area contributed by atoms with E-state index in [9.17, 15) is 43.2 Å². The number of hydrogen-bond acceptors (Lipinski definition) is 6. The zero-order valence-corrected chi connectivity index (χ0v) is 19.4. The maximum Gasteiger partial charge on any atom is 0.433 e. The Balaban J connectivity index is 1.99. The number of ether oxygens (including phenoxy) is 1. The first-order valence-electron chi connectivity index (χ1n) is 9.70. The van der Waals surface area contributed by atoms with Crippen molar-refractivity contribution >= 4 is 19.7 Å². The van der Waals surface area contributed by atoms with Gasteiger partial charge < -0.3 is 4.74 Å². The van der Waals surface area contributed by atoms with Gasteiger partial charge in [-0.1, -0.05) is 6.07 Å². The molecule has 0 saturated carbocycles. The first kappa shape index (κ1) is 26.5. The molecule has 0 bridgehead atoms. The van der Waals surface area contributed by atoms with Crippen molar-refractivity contribution in [1.82, 2.24) is 9.78 Å². The molecule has 1 aliphatic heterocycles. The fraction of sp³-hybridized carbons (Fsp3) is 0.526. The van der Waals surface area contributed by atoms with Gasteiger partial charge in [-0.3, -0.25) is 0 Å². The van der Waals surface area contributed by atoms with Gasteiger partial charge in [0.05, 0.1) is 20.9 Å². The predicted octanol–water partition coefficient (Wildman–Crippen LogP) is 4.01. The van der Waals surface area contributed by atoms with Gasteiger partial charge in [0.1, 0.15) is 17.7 Å². The van der Waals surface area contributed by atoms with Crippen molar-refractivity contribution < 1.29 is 47.9 Å². The fourth-order valence-electron chi connectivity index (χ4n) is 3.67. The molecule has 2 aromatic rings. The van der Waals surface area contributed by atoms with E-state index in [1.54, 1.807) is 0 Å². The molecule has 1 aromatic heterocycles. The highest BCUT2D eigenvalue weighted by atomic mass is 32.2. The lowest BCUT2D eigenvalue weighted by atomic mass is 9.95. The Labute approximate surface area is 191 Å². The van der Waals surface area contributed by atoms with Gasteiger partial charge in [-0.25, -0.2) is 21.5 Å². The van der Waals surface area contributed by atoms with Crippen molar-refractivity contribution in [3.63, 3.8) is 0 Å². The van der Waals surface area contributed by atoms with Crippen LogP contribution < -0.4 is 0 Å². The monoisotopic (exact) mass is 534 g/mol. The molecule has 0 N–H and O–H groups in total. The molecule has 1 saturated heterocycles. The highest BCUT2D eigenvalue weighted by Gasteiger charge is 2.47. The molecule has 0 spiro atoms. The van der Waals surface area contributed by atoms with E-state index in [4.69, 9.17) is 4.74 Å². The number of hydrogen-bond donors (Lipinski definition) is 0. The highest BCUT2D eigenvalue weighted by molar-refractivity contribution is 7.92. The van der Waals surface area contributed by atoms with Crippen molar-refractivity contribution in [3.8, 4) is 0 Å². The van der Waals surface area contributed by atoms with E-state index in [2.05, 4.69) is 5.10 Å². The summed E-state index contributed by atoms with van der Waals surface area (Å²) in [6, 6.07) is 3.79. The Bertz CT molecular complexity index is 1280. The van der Waals surface area contributed by atoms with Gasteiger partial charge in [0.2, 0.25) is 0 Å². The summed E-state index contributed by atoms with van der Waals surface area (Å²) in [6.45, 7) is 1.05. The number of rotatable bonds is 5. The van der Waals surface area contributed by atoms with Crippen molar-refractivity contribution in [1.29, 1.82) is 0 Å². The van der Waals surface area contributed by atoms with Crippen LogP contribution in [0.5, 0.6) is 0 Å². The van der Waals surface area contributed by atoms with E-state index in [1.807, 2.05) is 0 Å². The number of nitrogens with zero attached hydrogens (tertiary/aromatic N) is 2. The molecule has 2 unspecified atom stereocenters. The molecular formula is C19H20F6N2O5S2. The maximum absolute atomic E-state index is 13.4. The number of aromatic nitrogens is 2. The lowest BCUT2D eigenvalue weighted by molar-refractivity contribution is -0.143. The molecule has 1 aliphatic rings. The molecular weight excluding hydrogens is 514 g/mol. The first-order chi connectivity index (χ1) is 15.3. The molecule has 1 aromatic carbocycles. The Kier molecular flexibility index (Phi) is 6.63. The van der Waals surface area contributed by atoms with E-state index in [0.29, 0.717) is 12.1 Å². The largest absolute Gasteiger partial charge is 0.433 e. The first-order valence-corrected chi connectivity index (χ1v) is 13.2. The van der Waals surface area contributed by atoms with Crippen LogP contribution in [0.3, 0.4) is 0 Å². The molecule has 0 aliphatic carbocycles. The van der Waals surface area contributed by atoms with E-state index >= 15 is 0 Å². The molecule has 15 heteroatoms. The quantitative estimate of drug-likeness (QED) is 0.538. The minimum atomic E-state index is -4.95. The topological polar surface area (TPSA) is 95.3 Å². The Hall–Kier alpha value is -2.13. The number of halogens is 6. The Morgan fingerprint density at radius 3 is 2.29 bits per heavy atom. The van der Waals surface area contributed by atoms with E-state index in [0.717, 1.165) is 24.5 Å². The fourth-order valence-corrected chi connectivity index (χ4v) is 6.14. The third-order valence-electron chi connectivity index (χ3n) is 5.46. The molecule has 1 fully saturated rings. The Morgan fingerprint density at radius 2 is 1.74 bits per heavy atom. The lowest BCUT2D eigenvalue weighted by Gasteiger charge is -2.37. The van der Waals surface area contributed by atoms with Crippen molar-refractivity contribution in [2.75, 3.05) is 12.9 Å². The smallest absolute Gasteiger partial charge is 0.372 e. The second-order valence-electron chi connectivity index (χ2n) is 8.30. The molecule has 2 heterocycles. The third-order valence-corrected chi connectivity index (χ3v) is 8.72. The van der Waals surface area contributed by atoms with Crippen LogP contribution in [-0.4, -0.2) is 44.2 Å². The van der Waals surface area contributed by atoms with Crippen molar-refractivity contribution in [2.45, 2.75) is 53.7 Å². The second-order valence-corrected chi connectivity index (χ2v) is 12.9. The zero-order valence-electron chi connectivity index (χ0n) is 17.8. The van der Waals surface area contributed by atoms with Gasteiger partial charge in [-0.2, -0.15) is 31.4 Å². The molecule has 2 atom stereocenters. The summed E-state index contributed by atoms with van der Waals surface area (Å²) in [4.78, 5) is -0.580. The van der Waals surface area contributed by atoms with Crippen LogP contribution in [0.4, 0.5) is 26.3 Å². The average molecular weight is 535 g/mol. The summed E-state index contributed by atoms with van der Waals surface area (Å²) in [7, 11) is -8.28. The predicted molar refractivity (Wildman–Crippen MR) is 107 cm³/mol. The van der Waals surface area contributed by atoms with Crippen LogP contribution >= 0.6 is 0 Å². The van der Waals surface area contributed by atoms with Gasteiger partial charge in [0, 0.05) is 12.9 Å². The summed E-state index contributed by atoms with van der Waals surface area (Å²) in [5.74, 6) is -1.06. The van der Waals surface area contributed by atoms with Crippen molar-refractivity contribution in [3.05, 3.63) is 47.3 Å². The summed E-state index contributed by atoms with van der Waals surface area (Å²) in [5, 5.41) is 3.70. The normalized spacial score (nSPS) is 22.6. The van der Waals surface area contributed by atoms with E-state index in [-0.39, 0.29) is 23.4 Å². The molecule has 34 heavy (non-hydrogen) atoms. The van der Waals surface area contributed by atoms with Gasteiger partial charge in [-0.15, -0.1) is 0 Å². The van der Waals surface area contributed by atoms with E-state index < -0.39 is 71.3 Å². The van der Waals surface area contributed by atoms with Gasteiger partial charge in [-0.05, 0) is 44.0 Å². The summed E-state index contributed by atoms with van der Waals surface area (Å²) < 4.78 is 133. The summed E-state index contributed by atoms with van der Waals surface area (Å²) in [5.41, 5.74) is -2.85. The standard InChI is InChI=1S/C19H20F6N2O5S2/c1-17(34(30,31)13-5-3-4-12(8-13)18(20,21)22)6-7-32-15(10-17)14-9-16(19(23,24)25)27(26-14)11-33(2,28)29/h3-5,8-9,15H,6-7,10-11H2,1-2H3. The van der Waals surface area contributed by atoms with Crippen LogP contribution in [0.2, 0.25) is 0 Å². The summed E-state index contributed by atoms with van der Waals surface area (Å²) >= 11 is 0. The maximum atomic E-state index is 13.4. The lowest BCUT2D eigenvalue weighted by Crippen LogP contribution is -2.42. The molecule has 7 nitrogen and oxygen atoms in total. The number of alkyl halides is 6. The second kappa shape index (κ2) is 8.52. The van der Waals surface area contributed by atoms with Crippen LogP contribution in [0, 0.1) is 0 Å². The van der Waals surface area contributed by atoms with Crippen molar-refractivity contribution in [2.24, 2.45) is 0 Å². The van der Waals surface area contributed by atoms with E-state index in [1.165, 1.54) is 6.92 Å². The van der Waals surface area contributed by atoms with Crippen LogP contribution in [0.1, 0.15) is 42.8 Å². The minimum Gasteiger partial charge on any atom is -0.372 e. The third kappa shape index (κ3) is 5.40. The van der Waals surface area contributed by atoms with Gasteiger partial charge >= 0.3 is 12.4 Å². The number of sulfone groups is 2. The SMILES string of the molecule is CC1(S(=O)(=O)c2cccc(C(F)(F)F)c2)CCOC(c2cc(C(F)(F)F)n(CS(C)(=O)=O)n2)C1. The summed E-state index contributed by atoms with van der Waals surface area (Å²) in [6.07, 6.45) is -10.8. The molecule has 190 valence electrons. The van der Waals surface area contributed by atoms with Crippen LogP contribution in [-0.2, 0) is 42.6 Å².